The number of hydrogen-bond acceptors (Lipinski definition) is 4. The molecule has 0 aliphatic carbocycles. The van der Waals surface area contributed by atoms with Gasteiger partial charge in [0, 0.05) is 32.0 Å². The van der Waals surface area contributed by atoms with E-state index in [9.17, 15) is 14.4 Å². The largest absolute Gasteiger partial charge is 0.494 e. The van der Waals surface area contributed by atoms with Gasteiger partial charge in [0.25, 0.3) is 0 Å². The summed E-state index contributed by atoms with van der Waals surface area (Å²) in [5.74, 6) is 0.864. The van der Waals surface area contributed by atoms with Crippen molar-refractivity contribution in [2.75, 3.05) is 19.7 Å². The van der Waals surface area contributed by atoms with Crippen LogP contribution in [0.5, 0.6) is 5.75 Å². The Hall–Kier alpha value is -2.37. The maximum Gasteiger partial charge on any atom is 0.224 e. The number of piperidine rings is 1. The predicted molar refractivity (Wildman–Crippen MR) is 99.0 cm³/mol. The van der Waals surface area contributed by atoms with E-state index in [-0.39, 0.29) is 30.1 Å². The number of benzene rings is 1. The van der Waals surface area contributed by atoms with Gasteiger partial charge in [-0.2, -0.15) is 0 Å². The number of likely N-dealkylation sites (tertiary alicyclic amines) is 1. The van der Waals surface area contributed by atoms with Crippen molar-refractivity contribution in [3.05, 3.63) is 29.8 Å². The monoisotopic (exact) mass is 360 g/mol. The maximum atomic E-state index is 12.2. The van der Waals surface area contributed by atoms with Gasteiger partial charge in [0.05, 0.1) is 13.0 Å². The summed E-state index contributed by atoms with van der Waals surface area (Å²) >= 11 is 0. The lowest BCUT2D eigenvalue weighted by Crippen LogP contribution is -2.46. The molecule has 1 aromatic rings. The molecule has 2 rings (SSSR count). The number of Topliss-reactive ketones (excluding diaryl/α,β-unsaturated/α-hetero) is 1. The molecule has 0 unspecified atom stereocenters. The van der Waals surface area contributed by atoms with E-state index in [2.05, 4.69) is 5.32 Å². The fraction of sp³-hybridized carbons (Fsp3) is 0.550. The van der Waals surface area contributed by atoms with E-state index in [1.807, 2.05) is 31.2 Å². The Labute approximate surface area is 154 Å². The summed E-state index contributed by atoms with van der Waals surface area (Å²) in [5, 5.41) is 3.05. The Morgan fingerprint density at radius 3 is 2.35 bits per heavy atom. The van der Waals surface area contributed by atoms with E-state index < -0.39 is 0 Å². The normalized spacial score (nSPS) is 14.8. The van der Waals surface area contributed by atoms with Crippen molar-refractivity contribution in [3.8, 4) is 5.75 Å². The van der Waals surface area contributed by atoms with Gasteiger partial charge < -0.3 is 19.7 Å². The number of nitrogens with zero attached hydrogens (tertiary/aromatic N) is 1. The van der Waals surface area contributed by atoms with Gasteiger partial charge in [0.1, 0.15) is 11.5 Å². The number of amides is 2. The van der Waals surface area contributed by atoms with Crippen LogP contribution in [0.25, 0.3) is 0 Å². The Morgan fingerprint density at radius 1 is 1.12 bits per heavy atom. The van der Waals surface area contributed by atoms with Crippen LogP contribution in [0.2, 0.25) is 0 Å². The van der Waals surface area contributed by atoms with Gasteiger partial charge in [-0.15, -0.1) is 0 Å². The highest BCUT2D eigenvalue weighted by Crippen LogP contribution is 2.14. The van der Waals surface area contributed by atoms with Crippen molar-refractivity contribution in [1.29, 1.82) is 0 Å². The minimum absolute atomic E-state index is 0.00415. The van der Waals surface area contributed by atoms with Crippen molar-refractivity contribution >= 4 is 17.6 Å². The van der Waals surface area contributed by atoms with E-state index in [4.69, 9.17) is 4.74 Å². The van der Waals surface area contributed by atoms with E-state index in [1.54, 1.807) is 4.90 Å². The Balaban J connectivity index is 1.72. The molecule has 1 aromatic carbocycles. The van der Waals surface area contributed by atoms with Crippen LogP contribution in [0.1, 0.15) is 45.1 Å². The molecule has 0 bridgehead atoms. The third-order valence-electron chi connectivity index (χ3n) is 4.50. The fourth-order valence-electron chi connectivity index (χ4n) is 3.05. The molecule has 1 heterocycles. The molecule has 1 fully saturated rings. The zero-order chi connectivity index (χ0) is 18.9. The van der Waals surface area contributed by atoms with Gasteiger partial charge >= 0.3 is 0 Å². The number of ketones is 1. The van der Waals surface area contributed by atoms with E-state index >= 15 is 0 Å². The first-order valence-electron chi connectivity index (χ1n) is 9.26. The van der Waals surface area contributed by atoms with Crippen LogP contribution in [0.15, 0.2) is 24.3 Å². The molecule has 0 radical (unpaired) electrons. The molecule has 1 aliphatic rings. The highest BCUT2D eigenvalue weighted by Gasteiger charge is 2.23. The molecule has 0 atom stereocenters. The van der Waals surface area contributed by atoms with E-state index in [0.29, 0.717) is 32.5 Å². The molecular weight excluding hydrogens is 332 g/mol. The minimum atomic E-state index is -0.00415. The van der Waals surface area contributed by atoms with Crippen LogP contribution < -0.4 is 10.1 Å². The summed E-state index contributed by atoms with van der Waals surface area (Å²) in [6.45, 7) is 5.31. The molecule has 6 heteroatoms. The topological polar surface area (TPSA) is 75.7 Å². The lowest BCUT2D eigenvalue weighted by molar-refractivity contribution is -0.134. The first-order chi connectivity index (χ1) is 12.5. The molecule has 1 saturated heterocycles. The second-order valence-corrected chi connectivity index (χ2v) is 6.68. The summed E-state index contributed by atoms with van der Waals surface area (Å²) in [6, 6.07) is 7.65. The third kappa shape index (κ3) is 6.50. The van der Waals surface area contributed by atoms with Crippen LogP contribution in [0.4, 0.5) is 0 Å². The molecule has 6 nitrogen and oxygen atoms in total. The second-order valence-electron chi connectivity index (χ2n) is 6.68. The smallest absolute Gasteiger partial charge is 0.224 e. The van der Waals surface area contributed by atoms with E-state index in [0.717, 1.165) is 24.2 Å². The second kappa shape index (κ2) is 9.94. The molecule has 0 spiro atoms. The average Bonchev–Trinajstić information content (AvgIpc) is 2.62. The summed E-state index contributed by atoms with van der Waals surface area (Å²) in [4.78, 5) is 37.0. The van der Waals surface area contributed by atoms with Gasteiger partial charge in [0.2, 0.25) is 11.8 Å². The summed E-state index contributed by atoms with van der Waals surface area (Å²) in [5.41, 5.74) is 0.947. The molecule has 2 amide bonds. The van der Waals surface area contributed by atoms with Gasteiger partial charge in [0.15, 0.2) is 0 Å². The Kier molecular flexibility index (Phi) is 7.63. The molecular formula is C20H28N2O4. The zero-order valence-electron chi connectivity index (χ0n) is 15.6. The molecule has 0 saturated carbocycles. The Bertz CT molecular complexity index is 619. The van der Waals surface area contributed by atoms with Crippen LogP contribution in [0, 0.1) is 0 Å². The molecule has 142 valence electrons. The molecule has 0 aromatic heterocycles. The first-order valence-corrected chi connectivity index (χ1v) is 9.26. The molecule has 26 heavy (non-hydrogen) atoms. The quantitative estimate of drug-likeness (QED) is 0.770. The van der Waals surface area contributed by atoms with Gasteiger partial charge in [-0.25, -0.2) is 0 Å². The lowest BCUT2D eigenvalue weighted by atomic mass is 10.0. The molecule has 1 aliphatic heterocycles. The van der Waals surface area contributed by atoms with Crippen molar-refractivity contribution in [1.82, 2.24) is 10.2 Å². The van der Waals surface area contributed by atoms with Crippen LogP contribution in [0.3, 0.4) is 0 Å². The number of ether oxygens (including phenoxy) is 1. The number of hydrogen-bond donors (Lipinski definition) is 1. The molecule has 1 N–H and O–H groups in total. The number of carbonyl (C=O) groups is 3. The average molecular weight is 360 g/mol. The number of rotatable bonds is 8. The Morgan fingerprint density at radius 2 is 1.77 bits per heavy atom. The van der Waals surface area contributed by atoms with Gasteiger partial charge in [-0.05, 0) is 44.4 Å². The third-order valence-corrected chi connectivity index (χ3v) is 4.50. The maximum absolute atomic E-state index is 12.2. The van der Waals surface area contributed by atoms with Crippen molar-refractivity contribution in [2.24, 2.45) is 0 Å². The summed E-state index contributed by atoms with van der Waals surface area (Å²) in [7, 11) is 0. The predicted octanol–water partition coefficient (Wildman–Crippen LogP) is 2.10. The van der Waals surface area contributed by atoms with Gasteiger partial charge in [-0.3, -0.25) is 9.59 Å². The van der Waals surface area contributed by atoms with Gasteiger partial charge in [-0.1, -0.05) is 12.1 Å². The van der Waals surface area contributed by atoms with Crippen LogP contribution in [-0.2, 0) is 20.8 Å². The SMILES string of the molecule is CCOc1ccc(CC(=O)NC2CCN(C(=O)CCC(C)=O)CC2)cc1. The van der Waals surface area contributed by atoms with Crippen molar-refractivity contribution in [3.63, 3.8) is 0 Å². The van der Waals surface area contributed by atoms with Crippen LogP contribution in [-0.4, -0.2) is 48.2 Å². The van der Waals surface area contributed by atoms with Crippen molar-refractivity contribution < 1.29 is 19.1 Å². The summed E-state index contributed by atoms with van der Waals surface area (Å²) in [6.07, 6.45) is 2.42. The fourth-order valence-corrected chi connectivity index (χ4v) is 3.05. The highest BCUT2D eigenvalue weighted by atomic mass is 16.5. The highest BCUT2D eigenvalue weighted by molar-refractivity contribution is 5.83. The zero-order valence-corrected chi connectivity index (χ0v) is 15.6. The number of carbonyl (C=O) groups excluding carboxylic acids is 3. The van der Waals surface area contributed by atoms with E-state index in [1.165, 1.54) is 6.92 Å². The first kappa shape index (κ1) is 19.9. The minimum Gasteiger partial charge on any atom is -0.494 e. The van der Waals surface area contributed by atoms with Crippen molar-refractivity contribution in [2.45, 2.75) is 52.0 Å². The van der Waals surface area contributed by atoms with Crippen LogP contribution >= 0.6 is 0 Å². The number of nitrogens with one attached hydrogen (secondary N) is 1. The standard InChI is InChI=1S/C20H28N2O4/c1-3-26-18-7-5-16(6-8-18)14-19(24)21-17-10-12-22(13-11-17)20(25)9-4-15(2)23/h5-8,17H,3-4,9-14H2,1-2H3,(H,21,24). The summed E-state index contributed by atoms with van der Waals surface area (Å²) < 4.78 is 5.40. The lowest BCUT2D eigenvalue weighted by Gasteiger charge is -2.32.